The van der Waals surface area contributed by atoms with Gasteiger partial charge in [-0.2, -0.15) is 4.39 Å². The van der Waals surface area contributed by atoms with E-state index in [0.29, 0.717) is 17.8 Å². The number of halogens is 2. The van der Waals surface area contributed by atoms with Crippen LogP contribution in [0.4, 0.5) is 14.5 Å². The zero-order valence-electron chi connectivity index (χ0n) is 10.7. The van der Waals surface area contributed by atoms with Gasteiger partial charge in [-0.15, -0.1) is 11.3 Å². The van der Waals surface area contributed by atoms with E-state index >= 15 is 0 Å². The standard InChI is InChI=1S/C12H9F2N3O3S/c1-6-10(21-5-16-6)4-15-12(18)8-2-7(13)3-9(11(8)14)17(19)20/h2-3,5H,4H2,1H3,(H,15,18). The van der Waals surface area contributed by atoms with Gasteiger partial charge in [-0.05, 0) is 13.0 Å². The summed E-state index contributed by atoms with van der Waals surface area (Å²) in [5.74, 6) is -3.34. The summed E-state index contributed by atoms with van der Waals surface area (Å²) in [6.45, 7) is 1.82. The number of aromatic nitrogens is 1. The summed E-state index contributed by atoms with van der Waals surface area (Å²) in [5.41, 5.74) is 0.522. The van der Waals surface area contributed by atoms with Gasteiger partial charge in [0.15, 0.2) is 0 Å². The molecule has 0 fully saturated rings. The van der Waals surface area contributed by atoms with E-state index in [9.17, 15) is 23.7 Å². The van der Waals surface area contributed by atoms with E-state index in [-0.39, 0.29) is 6.54 Å². The van der Waals surface area contributed by atoms with Crippen molar-refractivity contribution in [2.75, 3.05) is 0 Å². The highest BCUT2D eigenvalue weighted by molar-refractivity contribution is 7.09. The highest BCUT2D eigenvalue weighted by Crippen LogP contribution is 2.22. The minimum Gasteiger partial charge on any atom is -0.347 e. The molecule has 2 aromatic rings. The van der Waals surface area contributed by atoms with Gasteiger partial charge in [-0.25, -0.2) is 9.37 Å². The van der Waals surface area contributed by atoms with Crippen molar-refractivity contribution in [2.24, 2.45) is 0 Å². The lowest BCUT2D eigenvalue weighted by molar-refractivity contribution is -0.387. The molecule has 0 unspecified atom stereocenters. The number of carbonyl (C=O) groups is 1. The average Bonchev–Trinajstić information content (AvgIpc) is 2.83. The Morgan fingerprint density at radius 1 is 1.48 bits per heavy atom. The van der Waals surface area contributed by atoms with Crippen LogP contribution in [0.5, 0.6) is 0 Å². The van der Waals surface area contributed by atoms with E-state index in [2.05, 4.69) is 10.3 Å². The molecule has 0 atom stereocenters. The van der Waals surface area contributed by atoms with Gasteiger partial charge >= 0.3 is 5.69 Å². The maximum absolute atomic E-state index is 13.8. The third-order valence-electron chi connectivity index (χ3n) is 2.71. The van der Waals surface area contributed by atoms with E-state index in [1.165, 1.54) is 11.3 Å². The molecule has 1 N–H and O–H groups in total. The first-order chi connectivity index (χ1) is 9.90. The van der Waals surface area contributed by atoms with Crippen molar-refractivity contribution in [3.05, 3.63) is 55.5 Å². The second-order valence-electron chi connectivity index (χ2n) is 4.09. The van der Waals surface area contributed by atoms with E-state index in [1.54, 1.807) is 12.4 Å². The fraction of sp³-hybridized carbons (Fsp3) is 0.167. The lowest BCUT2D eigenvalue weighted by Crippen LogP contribution is -2.24. The Balaban J connectivity index is 2.23. The Morgan fingerprint density at radius 2 is 2.19 bits per heavy atom. The van der Waals surface area contributed by atoms with Gasteiger partial charge in [0.05, 0.1) is 34.3 Å². The summed E-state index contributed by atoms with van der Waals surface area (Å²) in [5, 5.41) is 13.0. The van der Waals surface area contributed by atoms with Crippen LogP contribution in [0.2, 0.25) is 0 Å². The van der Waals surface area contributed by atoms with E-state index in [0.717, 1.165) is 4.88 Å². The molecule has 0 bridgehead atoms. The maximum atomic E-state index is 13.8. The van der Waals surface area contributed by atoms with Crippen LogP contribution < -0.4 is 5.32 Å². The van der Waals surface area contributed by atoms with E-state index in [4.69, 9.17) is 0 Å². The van der Waals surface area contributed by atoms with Crippen LogP contribution in [0.25, 0.3) is 0 Å². The fourth-order valence-electron chi connectivity index (χ4n) is 1.62. The van der Waals surface area contributed by atoms with Gasteiger partial charge in [-0.1, -0.05) is 0 Å². The van der Waals surface area contributed by atoms with Crippen molar-refractivity contribution in [1.82, 2.24) is 10.3 Å². The SMILES string of the molecule is Cc1ncsc1CNC(=O)c1cc(F)cc([N+](=O)[O-])c1F. The van der Waals surface area contributed by atoms with Crippen molar-refractivity contribution in [2.45, 2.75) is 13.5 Å². The number of thiazole rings is 1. The van der Waals surface area contributed by atoms with E-state index < -0.39 is 33.7 Å². The summed E-state index contributed by atoms with van der Waals surface area (Å²) in [7, 11) is 0. The van der Waals surface area contributed by atoms with Gasteiger partial charge in [0.2, 0.25) is 5.82 Å². The predicted octanol–water partition coefficient (Wildman–Crippen LogP) is 2.57. The van der Waals surface area contributed by atoms with Crippen LogP contribution in [0.15, 0.2) is 17.6 Å². The quantitative estimate of drug-likeness (QED) is 0.694. The molecule has 0 aliphatic rings. The highest BCUT2D eigenvalue weighted by Gasteiger charge is 2.24. The number of rotatable bonds is 4. The number of aryl methyl sites for hydroxylation is 1. The maximum Gasteiger partial charge on any atom is 0.308 e. The normalized spacial score (nSPS) is 10.4. The van der Waals surface area contributed by atoms with Crippen LogP contribution in [0, 0.1) is 28.7 Å². The van der Waals surface area contributed by atoms with Crippen molar-refractivity contribution >= 4 is 22.9 Å². The Bertz CT molecular complexity index is 718. The molecule has 6 nitrogen and oxygen atoms in total. The first-order valence-electron chi connectivity index (χ1n) is 5.70. The van der Waals surface area contributed by atoms with Gasteiger partial charge < -0.3 is 5.32 Å². The molecular weight excluding hydrogens is 304 g/mol. The molecule has 1 aromatic heterocycles. The minimum absolute atomic E-state index is 0.0824. The summed E-state index contributed by atoms with van der Waals surface area (Å²) >= 11 is 1.30. The second kappa shape index (κ2) is 5.92. The Kier molecular flexibility index (Phi) is 4.22. The molecule has 0 radical (unpaired) electrons. The summed E-state index contributed by atoms with van der Waals surface area (Å²) in [4.78, 5) is 26.1. The van der Waals surface area contributed by atoms with Gasteiger partial charge in [0, 0.05) is 4.88 Å². The fourth-order valence-corrected chi connectivity index (χ4v) is 2.34. The third-order valence-corrected chi connectivity index (χ3v) is 3.65. The number of hydrogen-bond acceptors (Lipinski definition) is 5. The highest BCUT2D eigenvalue weighted by atomic mass is 32.1. The van der Waals surface area contributed by atoms with Crippen molar-refractivity contribution in [3.8, 4) is 0 Å². The van der Waals surface area contributed by atoms with Gasteiger partial charge in [0.25, 0.3) is 5.91 Å². The van der Waals surface area contributed by atoms with Gasteiger partial charge in [0.1, 0.15) is 5.82 Å². The number of nitrogens with one attached hydrogen (secondary N) is 1. The molecule has 21 heavy (non-hydrogen) atoms. The topological polar surface area (TPSA) is 85.1 Å². The van der Waals surface area contributed by atoms with Crippen molar-refractivity contribution in [1.29, 1.82) is 0 Å². The molecule has 1 aromatic carbocycles. The minimum atomic E-state index is -1.36. The Labute approximate surface area is 121 Å². The molecule has 110 valence electrons. The molecule has 0 saturated heterocycles. The number of nitrogens with zero attached hydrogens (tertiary/aromatic N) is 2. The number of nitro benzene ring substituents is 1. The molecule has 0 spiro atoms. The lowest BCUT2D eigenvalue weighted by Gasteiger charge is -2.06. The average molecular weight is 313 g/mol. The summed E-state index contributed by atoms with van der Waals surface area (Å²) < 4.78 is 27.1. The molecule has 1 amide bonds. The van der Waals surface area contributed by atoms with Crippen LogP contribution in [-0.2, 0) is 6.54 Å². The zero-order chi connectivity index (χ0) is 15.6. The molecule has 0 saturated carbocycles. The predicted molar refractivity (Wildman–Crippen MR) is 71.0 cm³/mol. The molecule has 0 aliphatic carbocycles. The Morgan fingerprint density at radius 3 is 2.76 bits per heavy atom. The lowest BCUT2D eigenvalue weighted by atomic mass is 10.1. The molecule has 9 heteroatoms. The molecule has 0 aliphatic heterocycles. The van der Waals surface area contributed by atoms with Crippen LogP contribution in [0.3, 0.4) is 0 Å². The second-order valence-corrected chi connectivity index (χ2v) is 5.03. The first-order valence-corrected chi connectivity index (χ1v) is 6.58. The summed E-state index contributed by atoms with van der Waals surface area (Å²) in [6, 6.07) is 1.05. The van der Waals surface area contributed by atoms with E-state index in [1.807, 2.05) is 0 Å². The summed E-state index contributed by atoms with van der Waals surface area (Å²) in [6.07, 6.45) is 0. The van der Waals surface area contributed by atoms with Crippen LogP contribution in [0.1, 0.15) is 20.9 Å². The molecule has 2 rings (SSSR count). The zero-order valence-corrected chi connectivity index (χ0v) is 11.5. The molecular formula is C12H9F2N3O3S. The number of carbonyl (C=O) groups excluding carboxylic acids is 1. The van der Waals surface area contributed by atoms with Crippen LogP contribution >= 0.6 is 11.3 Å². The number of nitro groups is 1. The van der Waals surface area contributed by atoms with Gasteiger partial charge in [-0.3, -0.25) is 14.9 Å². The smallest absolute Gasteiger partial charge is 0.308 e. The number of hydrogen-bond donors (Lipinski definition) is 1. The number of amides is 1. The largest absolute Gasteiger partial charge is 0.347 e. The third kappa shape index (κ3) is 3.19. The number of benzene rings is 1. The van der Waals surface area contributed by atoms with Crippen molar-refractivity contribution in [3.63, 3.8) is 0 Å². The molecule has 1 heterocycles. The Hall–Kier alpha value is -2.42. The van der Waals surface area contributed by atoms with Crippen LogP contribution in [-0.4, -0.2) is 15.8 Å². The first kappa shape index (κ1) is 15.0. The van der Waals surface area contributed by atoms with Crippen molar-refractivity contribution < 1.29 is 18.5 Å². The monoisotopic (exact) mass is 313 g/mol.